The van der Waals surface area contributed by atoms with Crippen molar-refractivity contribution in [3.05, 3.63) is 0 Å². The Morgan fingerprint density at radius 1 is 1.39 bits per heavy atom. The number of carbonyl (C=O) groups is 1. The lowest BCUT2D eigenvalue weighted by Gasteiger charge is -2.22. The highest BCUT2D eigenvalue weighted by Crippen LogP contribution is 2.16. The van der Waals surface area contributed by atoms with Crippen LogP contribution in [0.3, 0.4) is 0 Å². The molecule has 0 aromatic heterocycles. The lowest BCUT2D eigenvalue weighted by molar-refractivity contribution is -0.127. The van der Waals surface area contributed by atoms with Gasteiger partial charge in [-0.15, -0.1) is 24.0 Å². The molecule has 0 spiro atoms. The molecule has 1 saturated heterocycles. The molecule has 0 saturated carbocycles. The van der Waals surface area contributed by atoms with Gasteiger partial charge in [-0.25, -0.2) is 13.1 Å². The van der Waals surface area contributed by atoms with E-state index in [0.29, 0.717) is 25.5 Å². The van der Waals surface area contributed by atoms with Gasteiger partial charge in [0.2, 0.25) is 15.9 Å². The third-order valence-corrected chi connectivity index (χ3v) is 5.45. The minimum atomic E-state index is -3.33. The molecule has 23 heavy (non-hydrogen) atoms. The summed E-state index contributed by atoms with van der Waals surface area (Å²) in [6, 6.07) is -0.116. The fraction of sp³-hybridized carbons (Fsp3) is 0.846. The zero-order chi connectivity index (χ0) is 16.9. The fourth-order valence-corrected chi connectivity index (χ4v) is 3.89. The SMILES string of the molecule is CN=C(NCC(=O)N(C)C)N1CCC(S(=O)(=O)NC(C)C)C1.I. The maximum Gasteiger partial charge on any atom is 0.241 e. The molecular formula is C13H28IN5O3S. The fourth-order valence-electron chi connectivity index (χ4n) is 2.24. The van der Waals surface area contributed by atoms with Gasteiger partial charge in [-0.3, -0.25) is 9.79 Å². The number of hydrogen-bond donors (Lipinski definition) is 2. The second kappa shape index (κ2) is 9.62. The second-order valence-electron chi connectivity index (χ2n) is 5.86. The van der Waals surface area contributed by atoms with Gasteiger partial charge in [-0.1, -0.05) is 0 Å². The number of nitrogens with one attached hydrogen (secondary N) is 2. The van der Waals surface area contributed by atoms with Crippen molar-refractivity contribution in [3.8, 4) is 0 Å². The van der Waals surface area contributed by atoms with Gasteiger partial charge in [0.05, 0.1) is 11.8 Å². The van der Waals surface area contributed by atoms with E-state index >= 15 is 0 Å². The number of hydrogen-bond acceptors (Lipinski definition) is 4. The average Bonchev–Trinajstić information content (AvgIpc) is 2.88. The van der Waals surface area contributed by atoms with Crippen LogP contribution in [0.2, 0.25) is 0 Å². The van der Waals surface area contributed by atoms with Gasteiger partial charge < -0.3 is 15.1 Å². The van der Waals surface area contributed by atoms with E-state index in [1.807, 2.05) is 4.90 Å². The van der Waals surface area contributed by atoms with E-state index in [-0.39, 0.29) is 42.5 Å². The molecule has 0 aromatic rings. The second-order valence-corrected chi connectivity index (χ2v) is 7.86. The van der Waals surface area contributed by atoms with Gasteiger partial charge in [0.25, 0.3) is 0 Å². The van der Waals surface area contributed by atoms with Crippen LogP contribution in [0.5, 0.6) is 0 Å². The zero-order valence-corrected chi connectivity index (χ0v) is 17.5. The molecule has 1 rings (SSSR count). The van der Waals surface area contributed by atoms with Crippen LogP contribution in [0.15, 0.2) is 4.99 Å². The summed E-state index contributed by atoms with van der Waals surface area (Å²) < 4.78 is 27.0. The summed E-state index contributed by atoms with van der Waals surface area (Å²) in [5.74, 6) is 0.489. The predicted octanol–water partition coefficient (Wildman–Crippen LogP) is -0.330. The van der Waals surface area contributed by atoms with Crippen LogP contribution in [0, 0.1) is 0 Å². The van der Waals surface area contributed by atoms with E-state index in [4.69, 9.17) is 0 Å². The number of halogens is 1. The molecular weight excluding hydrogens is 433 g/mol. The smallest absolute Gasteiger partial charge is 0.241 e. The molecule has 1 unspecified atom stereocenters. The van der Waals surface area contributed by atoms with Gasteiger partial charge in [-0.05, 0) is 20.3 Å². The van der Waals surface area contributed by atoms with Crippen LogP contribution in [0.25, 0.3) is 0 Å². The van der Waals surface area contributed by atoms with Crippen molar-refractivity contribution in [2.45, 2.75) is 31.6 Å². The first-order valence-corrected chi connectivity index (χ1v) is 8.89. The highest BCUT2D eigenvalue weighted by atomic mass is 127. The minimum absolute atomic E-state index is 0. The van der Waals surface area contributed by atoms with Gasteiger partial charge >= 0.3 is 0 Å². The first-order valence-electron chi connectivity index (χ1n) is 7.34. The number of sulfonamides is 1. The monoisotopic (exact) mass is 461 g/mol. The highest BCUT2D eigenvalue weighted by Gasteiger charge is 2.34. The average molecular weight is 461 g/mol. The summed E-state index contributed by atoms with van der Waals surface area (Å²) in [6.07, 6.45) is 0.546. The molecule has 10 heteroatoms. The van der Waals surface area contributed by atoms with Gasteiger partial charge in [0, 0.05) is 40.3 Å². The Morgan fingerprint density at radius 3 is 2.48 bits per heavy atom. The Morgan fingerprint density at radius 2 is 2.00 bits per heavy atom. The molecule has 1 heterocycles. The Hall–Kier alpha value is -0.620. The Balaban J connectivity index is 0.00000484. The number of likely N-dealkylation sites (tertiary alicyclic amines) is 1. The van der Waals surface area contributed by atoms with Crippen molar-refractivity contribution in [2.24, 2.45) is 4.99 Å². The molecule has 1 aliphatic heterocycles. The molecule has 136 valence electrons. The van der Waals surface area contributed by atoms with E-state index in [1.165, 1.54) is 4.90 Å². The largest absolute Gasteiger partial charge is 0.347 e. The van der Waals surface area contributed by atoms with Crippen molar-refractivity contribution in [1.82, 2.24) is 19.8 Å². The van der Waals surface area contributed by atoms with Crippen molar-refractivity contribution < 1.29 is 13.2 Å². The third kappa shape index (κ3) is 6.79. The topological polar surface area (TPSA) is 94.1 Å². The Bertz CT molecular complexity index is 522. The number of rotatable bonds is 5. The lowest BCUT2D eigenvalue weighted by atomic mass is 10.4. The standard InChI is InChI=1S/C13H27N5O3S.HI/c1-10(2)16-22(20,21)11-6-7-18(9-11)13(14-3)15-8-12(19)17(4)5;/h10-11,16H,6-9H2,1-5H3,(H,14,15);1H. The minimum Gasteiger partial charge on any atom is -0.347 e. The number of carbonyl (C=O) groups excluding carboxylic acids is 1. The summed E-state index contributed by atoms with van der Waals surface area (Å²) >= 11 is 0. The van der Waals surface area contributed by atoms with Crippen LogP contribution >= 0.6 is 24.0 Å². The van der Waals surface area contributed by atoms with E-state index in [9.17, 15) is 13.2 Å². The molecule has 0 bridgehead atoms. The normalized spacial score (nSPS) is 18.8. The van der Waals surface area contributed by atoms with E-state index in [0.717, 1.165) is 0 Å². The van der Waals surface area contributed by atoms with Crippen LogP contribution in [0.4, 0.5) is 0 Å². The Labute approximate surface area is 156 Å². The van der Waals surface area contributed by atoms with E-state index in [2.05, 4.69) is 15.0 Å². The molecule has 0 aliphatic carbocycles. The number of aliphatic imine (C=N–C) groups is 1. The molecule has 1 atom stereocenters. The number of likely N-dealkylation sites (N-methyl/N-ethyl adjacent to an activating group) is 1. The zero-order valence-electron chi connectivity index (χ0n) is 14.4. The molecule has 0 radical (unpaired) electrons. The van der Waals surface area contributed by atoms with E-state index in [1.54, 1.807) is 35.0 Å². The summed E-state index contributed by atoms with van der Waals surface area (Å²) in [5.41, 5.74) is 0. The van der Waals surface area contributed by atoms with Gasteiger partial charge in [0.1, 0.15) is 0 Å². The Kier molecular flexibility index (Phi) is 9.36. The van der Waals surface area contributed by atoms with Crippen molar-refractivity contribution in [1.29, 1.82) is 0 Å². The quantitative estimate of drug-likeness (QED) is 0.332. The molecule has 1 aliphatic rings. The molecule has 8 nitrogen and oxygen atoms in total. The van der Waals surface area contributed by atoms with E-state index < -0.39 is 15.3 Å². The van der Waals surface area contributed by atoms with Crippen molar-refractivity contribution in [3.63, 3.8) is 0 Å². The lowest BCUT2D eigenvalue weighted by Crippen LogP contribution is -2.46. The van der Waals surface area contributed by atoms with Crippen LogP contribution < -0.4 is 10.0 Å². The molecule has 1 fully saturated rings. The van der Waals surface area contributed by atoms with Crippen molar-refractivity contribution >= 4 is 45.9 Å². The van der Waals surface area contributed by atoms with Gasteiger partial charge in [-0.2, -0.15) is 0 Å². The summed E-state index contributed by atoms with van der Waals surface area (Å²) in [7, 11) is 1.66. The molecule has 2 N–H and O–H groups in total. The van der Waals surface area contributed by atoms with Gasteiger partial charge in [0.15, 0.2) is 5.96 Å². The summed E-state index contributed by atoms with van der Waals surface area (Å²) in [5, 5.41) is 2.51. The highest BCUT2D eigenvalue weighted by molar-refractivity contribution is 14.0. The first-order chi connectivity index (χ1) is 10.2. The van der Waals surface area contributed by atoms with Crippen LogP contribution in [-0.4, -0.2) is 82.2 Å². The molecule has 1 amide bonds. The summed E-state index contributed by atoms with van der Waals surface area (Å²) in [4.78, 5) is 19.1. The number of amides is 1. The first kappa shape index (κ1) is 22.4. The maximum atomic E-state index is 12.2. The van der Waals surface area contributed by atoms with Crippen molar-refractivity contribution in [2.75, 3.05) is 40.8 Å². The number of nitrogens with zero attached hydrogens (tertiary/aromatic N) is 3. The predicted molar refractivity (Wildman–Crippen MR) is 103 cm³/mol. The van der Waals surface area contributed by atoms with Crippen LogP contribution in [-0.2, 0) is 14.8 Å². The summed E-state index contributed by atoms with van der Waals surface area (Å²) in [6.45, 7) is 4.71. The van der Waals surface area contributed by atoms with Crippen LogP contribution in [0.1, 0.15) is 20.3 Å². The number of guanidine groups is 1. The molecule has 0 aromatic carbocycles. The maximum absolute atomic E-state index is 12.2. The third-order valence-electron chi connectivity index (χ3n) is 3.39.